The van der Waals surface area contributed by atoms with Gasteiger partial charge >= 0.3 is 0 Å². The number of benzene rings is 2. The minimum absolute atomic E-state index is 0.0411. The summed E-state index contributed by atoms with van der Waals surface area (Å²) in [6.07, 6.45) is 0.961. The van der Waals surface area contributed by atoms with E-state index in [0.29, 0.717) is 55.3 Å². The molecule has 4 rings (SSSR count). The summed E-state index contributed by atoms with van der Waals surface area (Å²) < 4.78 is 34.2. The predicted molar refractivity (Wildman–Crippen MR) is 127 cm³/mol. The number of amides is 1. The highest BCUT2D eigenvalue weighted by Gasteiger charge is 2.33. The van der Waals surface area contributed by atoms with Crippen molar-refractivity contribution in [3.63, 3.8) is 0 Å². The van der Waals surface area contributed by atoms with Gasteiger partial charge in [0.25, 0.3) is 0 Å². The molecule has 2 heterocycles. The van der Waals surface area contributed by atoms with E-state index < -0.39 is 10.0 Å². The maximum absolute atomic E-state index is 13.4. The number of hydrogen-bond acceptors (Lipinski definition) is 6. The SMILES string of the molecule is Cc1nc(-c2ccc(C)c(S(=O)(=O)N3CCC(C(=O)NCc4ccc(Br)cc4)CC3)c2)no1. The second-order valence-corrected chi connectivity index (χ2v) is 11.0. The second kappa shape index (κ2) is 9.74. The van der Waals surface area contributed by atoms with Crippen molar-refractivity contribution in [2.24, 2.45) is 5.92 Å². The average molecular weight is 533 g/mol. The first-order valence-corrected chi connectivity index (χ1v) is 12.9. The lowest BCUT2D eigenvalue weighted by Crippen LogP contribution is -2.43. The molecular formula is C23H25BrN4O4S. The molecule has 1 aliphatic rings. The van der Waals surface area contributed by atoms with Gasteiger partial charge in [0.15, 0.2) is 0 Å². The summed E-state index contributed by atoms with van der Waals surface area (Å²) in [7, 11) is -3.71. The summed E-state index contributed by atoms with van der Waals surface area (Å²) in [6.45, 7) is 4.49. The quantitative estimate of drug-likeness (QED) is 0.517. The summed E-state index contributed by atoms with van der Waals surface area (Å²) in [5.41, 5.74) is 2.24. The molecule has 33 heavy (non-hydrogen) atoms. The Hall–Kier alpha value is -2.56. The molecule has 1 aliphatic heterocycles. The fourth-order valence-corrected chi connectivity index (χ4v) is 5.85. The number of aryl methyl sites for hydroxylation is 2. The average Bonchev–Trinajstić information content (AvgIpc) is 3.25. The Balaban J connectivity index is 1.40. The molecule has 174 valence electrons. The maximum Gasteiger partial charge on any atom is 0.243 e. The van der Waals surface area contributed by atoms with Crippen LogP contribution in [0.4, 0.5) is 0 Å². The van der Waals surface area contributed by atoms with Gasteiger partial charge in [-0.15, -0.1) is 0 Å². The molecule has 0 bridgehead atoms. The molecule has 8 nitrogen and oxygen atoms in total. The Labute approximate surface area is 201 Å². The molecular weight excluding hydrogens is 508 g/mol. The highest BCUT2D eigenvalue weighted by molar-refractivity contribution is 9.10. The van der Waals surface area contributed by atoms with Crippen molar-refractivity contribution in [3.05, 3.63) is 64.0 Å². The zero-order valence-electron chi connectivity index (χ0n) is 18.4. The molecule has 1 saturated heterocycles. The first kappa shape index (κ1) is 23.6. The molecule has 1 aromatic heterocycles. The third kappa shape index (κ3) is 5.34. The zero-order valence-corrected chi connectivity index (χ0v) is 20.8. The first-order chi connectivity index (χ1) is 15.7. The van der Waals surface area contributed by atoms with Crippen LogP contribution in [0.5, 0.6) is 0 Å². The van der Waals surface area contributed by atoms with Gasteiger partial charge in [-0.3, -0.25) is 4.79 Å². The second-order valence-electron chi connectivity index (χ2n) is 8.14. The normalized spacial score (nSPS) is 15.5. The third-order valence-electron chi connectivity index (χ3n) is 5.80. The van der Waals surface area contributed by atoms with Crippen LogP contribution in [0.2, 0.25) is 0 Å². The number of aromatic nitrogens is 2. The van der Waals surface area contributed by atoms with Crippen molar-refractivity contribution in [1.29, 1.82) is 0 Å². The maximum atomic E-state index is 13.4. The van der Waals surface area contributed by atoms with Crippen molar-refractivity contribution in [1.82, 2.24) is 19.8 Å². The third-order valence-corrected chi connectivity index (χ3v) is 8.37. The van der Waals surface area contributed by atoms with Gasteiger partial charge in [0.1, 0.15) is 0 Å². The van der Waals surface area contributed by atoms with Crippen molar-refractivity contribution < 1.29 is 17.7 Å². The molecule has 0 radical (unpaired) electrons. The molecule has 1 N–H and O–H groups in total. The Morgan fingerprint density at radius 1 is 1.15 bits per heavy atom. The molecule has 0 unspecified atom stereocenters. The van der Waals surface area contributed by atoms with Crippen LogP contribution in [0.3, 0.4) is 0 Å². The number of sulfonamides is 1. The molecule has 3 aromatic rings. The number of hydrogen-bond donors (Lipinski definition) is 1. The molecule has 0 saturated carbocycles. The summed E-state index contributed by atoms with van der Waals surface area (Å²) in [5.74, 6) is 0.517. The van der Waals surface area contributed by atoms with Crippen molar-refractivity contribution in [2.75, 3.05) is 13.1 Å². The largest absolute Gasteiger partial charge is 0.352 e. The highest BCUT2D eigenvalue weighted by atomic mass is 79.9. The van der Waals surface area contributed by atoms with Crippen LogP contribution in [0, 0.1) is 19.8 Å². The minimum atomic E-state index is -3.71. The molecule has 0 spiro atoms. The molecule has 1 fully saturated rings. The van der Waals surface area contributed by atoms with Gasteiger partial charge < -0.3 is 9.84 Å². The molecule has 0 atom stereocenters. The van der Waals surface area contributed by atoms with E-state index in [1.54, 1.807) is 32.0 Å². The van der Waals surface area contributed by atoms with Crippen molar-refractivity contribution in [2.45, 2.75) is 38.1 Å². The van der Waals surface area contributed by atoms with E-state index in [1.807, 2.05) is 24.3 Å². The Bertz CT molecular complexity index is 1250. The Morgan fingerprint density at radius 2 is 1.85 bits per heavy atom. The van der Waals surface area contributed by atoms with Crippen LogP contribution in [0.25, 0.3) is 11.4 Å². The van der Waals surface area contributed by atoms with Crippen LogP contribution in [0.15, 0.2) is 56.4 Å². The predicted octanol–water partition coefficient (Wildman–Crippen LogP) is 3.83. The van der Waals surface area contributed by atoms with E-state index in [-0.39, 0.29) is 16.7 Å². The number of nitrogens with one attached hydrogen (secondary N) is 1. The summed E-state index contributed by atoms with van der Waals surface area (Å²) >= 11 is 3.40. The lowest BCUT2D eigenvalue weighted by molar-refractivity contribution is -0.126. The summed E-state index contributed by atoms with van der Waals surface area (Å²) in [5, 5.41) is 6.85. The van der Waals surface area contributed by atoms with E-state index in [0.717, 1.165) is 10.0 Å². The van der Waals surface area contributed by atoms with E-state index in [2.05, 4.69) is 31.4 Å². The molecule has 1 amide bonds. The zero-order chi connectivity index (χ0) is 23.6. The number of carbonyl (C=O) groups is 1. The van der Waals surface area contributed by atoms with Gasteiger partial charge in [0, 0.05) is 42.5 Å². The Kier molecular flexibility index (Phi) is 6.96. The molecule has 0 aliphatic carbocycles. The van der Waals surface area contributed by atoms with Crippen molar-refractivity contribution >= 4 is 31.9 Å². The van der Waals surface area contributed by atoms with Crippen LogP contribution in [-0.2, 0) is 21.4 Å². The fraction of sp³-hybridized carbons (Fsp3) is 0.348. The first-order valence-electron chi connectivity index (χ1n) is 10.7. The van der Waals surface area contributed by atoms with Gasteiger partial charge in [-0.25, -0.2) is 8.42 Å². The fourth-order valence-electron chi connectivity index (χ4n) is 3.87. The highest BCUT2D eigenvalue weighted by Crippen LogP contribution is 2.29. The monoisotopic (exact) mass is 532 g/mol. The van der Waals surface area contributed by atoms with Crippen LogP contribution >= 0.6 is 15.9 Å². The van der Waals surface area contributed by atoms with E-state index in [4.69, 9.17) is 4.52 Å². The topological polar surface area (TPSA) is 105 Å². The standard InChI is InChI=1S/C23H25BrN4O4S/c1-15-3-6-19(22-26-16(2)32-27-22)13-21(15)33(30,31)28-11-9-18(10-12-28)23(29)25-14-17-4-7-20(24)8-5-17/h3-8,13,18H,9-12,14H2,1-2H3,(H,25,29). The Morgan fingerprint density at radius 3 is 2.48 bits per heavy atom. The van der Waals surface area contributed by atoms with Gasteiger partial charge in [0.05, 0.1) is 4.90 Å². The number of piperidine rings is 1. The van der Waals surface area contributed by atoms with Gasteiger partial charge in [-0.05, 0) is 49.1 Å². The summed E-state index contributed by atoms with van der Waals surface area (Å²) in [6, 6.07) is 12.9. The molecule has 2 aromatic carbocycles. The lowest BCUT2D eigenvalue weighted by atomic mass is 9.97. The molecule has 10 heteroatoms. The van der Waals surface area contributed by atoms with Gasteiger partial charge in [-0.1, -0.05) is 45.4 Å². The van der Waals surface area contributed by atoms with Crippen LogP contribution in [0.1, 0.15) is 29.9 Å². The van der Waals surface area contributed by atoms with E-state index in [1.165, 1.54) is 4.31 Å². The van der Waals surface area contributed by atoms with E-state index in [9.17, 15) is 13.2 Å². The number of carbonyl (C=O) groups excluding carboxylic acids is 1. The van der Waals surface area contributed by atoms with Crippen LogP contribution in [-0.4, -0.2) is 41.9 Å². The minimum Gasteiger partial charge on any atom is -0.352 e. The number of rotatable bonds is 6. The summed E-state index contributed by atoms with van der Waals surface area (Å²) in [4.78, 5) is 17.0. The van der Waals surface area contributed by atoms with E-state index >= 15 is 0 Å². The van der Waals surface area contributed by atoms with Gasteiger partial charge in [-0.2, -0.15) is 9.29 Å². The number of halogens is 1. The lowest BCUT2D eigenvalue weighted by Gasteiger charge is -2.31. The van der Waals surface area contributed by atoms with Crippen molar-refractivity contribution in [3.8, 4) is 11.4 Å². The number of nitrogens with zero attached hydrogens (tertiary/aromatic N) is 3. The van der Waals surface area contributed by atoms with Crippen LogP contribution < -0.4 is 5.32 Å². The van der Waals surface area contributed by atoms with Gasteiger partial charge in [0.2, 0.25) is 27.6 Å². The smallest absolute Gasteiger partial charge is 0.243 e.